The number of likely N-dealkylation sites (tertiary alicyclic amines) is 1. The lowest BCUT2D eigenvalue weighted by Crippen LogP contribution is -2.44. The third-order valence-electron chi connectivity index (χ3n) is 4.29. The summed E-state index contributed by atoms with van der Waals surface area (Å²) >= 11 is 0. The fourth-order valence-electron chi connectivity index (χ4n) is 3.11. The standard InChI is InChI=1S/C18H21N3O/c22-18(17-10-6-13-19-20-17)21-14-5-4-9-16(21)12-11-15-7-2-1-3-8-15/h1-3,6-8,10,13,16H,4-5,9,11-12,14H2. The fraction of sp³-hybridized carbons (Fsp3) is 0.389. The molecule has 1 aliphatic heterocycles. The van der Waals surface area contributed by atoms with Crippen molar-refractivity contribution in [3.05, 3.63) is 59.9 Å². The second-order valence-electron chi connectivity index (χ2n) is 5.78. The monoisotopic (exact) mass is 295 g/mol. The zero-order valence-corrected chi connectivity index (χ0v) is 12.7. The number of piperidine rings is 1. The first-order chi connectivity index (χ1) is 10.8. The number of benzene rings is 1. The van der Waals surface area contributed by atoms with Gasteiger partial charge in [0.2, 0.25) is 0 Å². The third kappa shape index (κ3) is 3.50. The van der Waals surface area contributed by atoms with Gasteiger partial charge in [-0.15, -0.1) is 5.10 Å². The summed E-state index contributed by atoms with van der Waals surface area (Å²) in [6.07, 6.45) is 6.97. The van der Waals surface area contributed by atoms with Crippen molar-refractivity contribution in [1.82, 2.24) is 15.1 Å². The Morgan fingerprint density at radius 3 is 2.77 bits per heavy atom. The molecule has 114 valence electrons. The van der Waals surface area contributed by atoms with Crippen molar-refractivity contribution in [3.8, 4) is 0 Å². The lowest BCUT2D eigenvalue weighted by Gasteiger charge is -2.35. The Morgan fingerprint density at radius 2 is 2.00 bits per heavy atom. The lowest BCUT2D eigenvalue weighted by atomic mass is 9.95. The molecule has 0 saturated carbocycles. The summed E-state index contributed by atoms with van der Waals surface area (Å²) in [7, 11) is 0. The van der Waals surface area contributed by atoms with Crippen molar-refractivity contribution in [2.75, 3.05) is 6.54 Å². The van der Waals surface area contributed by atoms with Crippen molar-refractivity contribution >= 4 is 5.91 Å². The molecular formula is C18H21N3O. The van der Waals surface area contributed by atoms with Gasteiger partial charge in [0.1, 0.15) is 0 Å². The molecule has 1 aliphatic rings. The first kappa shape index (κ1) is 14.7. The first-order valence-corrected chi connectivity index (χ1v) is 7.97. The van der Waals surface area contributed by atoms with E-state index in [9.17, 15) is 4.79 Å². The summed E-state index contributed by atoms with van der Waals surface area (Å²) in [5.41, 5.74) is 1.79. The van der Waals surface area contributed by atoms with Gasteiger partial charge in [-0.3, -0.25) is 4.79 Å². The molecule has 1 fully saturated rings. The van der Waals surface area contributed by atoms with Gasteiger partial charge in [-0.05, 0) is 49.8 Å². The molecule has 1 atom stereocenters. The average molecular weight is 295 g/mol. The molecule has 1 saturated heterocycles. The number of hydrogen-bond donors (Lipinski definition) is 0. The Kier molecular flexibility index (Phi) is 4.78. The van der Waals surface area contributed by atoms with E-state index in [1.54, 1.807) is 18.3 Å². The van der Waals surface area contributed by atoms with Crippen molar-refractivity contribution in [2.45, 2.75) is 38.1 Å². The second-order valence-corrected chi connectivity index (χ2v) is 5.78. The van der Waals surface area contributed by atoms with Gasteiger partial charge in [0.05, 0.1) is 0 Å². The second kappa shape index (κ2) is 7.16. The van der Waals surface area contributed by atoms with E-state index in [4.69, 9.17) is 0 Å². The number of hydrogen-bond acceptors (Lipinski definition) is 3. The number of amides is 1. The van der Waals surface area contributed by atoms with Crippen LogP contribution in [0.3, 0.4) is 0 Å². The quantitative estimate of drug-likeness (QED) is 0.870. The van der Waals surface area contributed by atoms with Gasteiger partial charge in [0.15, 0.2) is 5.69 Å². The molecule has 1 unspecified atom stereocenters. The van der Waals surface area contributed by atoms with Gasteiger partial charge in [-0.2, -0.15) is 5.10 Å². The average Bonchev–Trinajstić information content (AvgIpc) is 2.61. The van der Waals surface area contributed by atoms with Crippen LogP contribution in [0.15, 0.2) is 48.7 Å². The van der Waals surface area contributed by atoms with E-state index in [0.717, 1.165) is 32.2 Å². The highest BCUT2D eigenvalue weighted by Gasteiger charge is 2.27. The summed E-state index contributed by atoms with van der Waals surface area (Å²) in [4.78, 5) is 14.6. The predicted molar refractivity (Wildman–Crippen MR) is 85.5 cm³/mol. The molecule has 0 aliphatic carbocycles. The van der Waals surface area contributed by atoms with Gasteiger partial charge in [0, 0.05) is 18.8 Å². The fourth-order valence-corrected chi connectivity index (χ4v) is 3.11. The van der Waals surface area contributed by atoms with Gasteiger partial charge < -0.3 is 4.90 Å². The highest BCUT2D eigenvalue weighted by atomic mass is 16.2. The number of rotatable bonds is 4. The molecule has 4 heteroatoms. The minimum absolute atomic E-state index is 0.0193. The molecule has 2 aromatic rings. The van der Waals surface area contributed by atoms with Crippen molar-refractivity contribution in [2.24, 2.45) is 0 Å². The van der Waals surface area contributed by atoms with Crippen molar-refractivity contribution in [1.29, 1.82) is 0 Å². The number of aryl methyl sites for hydroxylation is 1. The molecule has 0 N–H and O–H groups in total. The molecule has 1 aromatic carbocycles. The summed E-state index contributed by atoms with van der Waals surface area (Å²) in [5.74, 6) is 0.0193. The maximum absolute atomic E-state index is 12.6. The Labute approximate surface area is 131 Å². The molecule has 4 nitrogen and oxygen atoms in total. The molecule has 1 amide bonds. The minimum atomic E-state index is 0.0193. The Morgan fingerprint density at radius 1 is 1.14 bits per heavy atom. The van der Waals surface area contributed by atoms with Gasteiger partial charge in [-0.25, -0.2) is 0 Å². The van der Waals surface area contributed by atoms with Gasteiger partial charge in [-0.1, -0.05) is 30.3 Å². The van der Waals surface area contributed by atoms with E-state index in [2.05, 4.69) is 34.5 Å². The van der Waals surface area contributed by atoms with Crippen LogP contribution in [-0.2, 0) is 6.42 Å². The highest BCUT2D eigenvalue weighted by molar-refractivity contribution is 5.92. The number of carbonyl (C=O) groups excluding carboxylic acids is 1. The Hall–Kier alpha value is -2.23. The summed E-state index contributed by atoms with van der Waals surface area (Å²) in [6, 6.07) is 14.3. The van der Waals surface area contributed by atoms with Crippen LogP contribution in [0.25, 0.3) is 0 Å². The van der Waals surface area contributed by atoms with Crippen LogP contribution >= 0.6 is 0 Å². The number of carbonyl (C=O) groups is 1. The van der Waals surface area contributed by atoms with Crippen LogP contribution < -0.4 is 0 Å². The van der Waals surface area contributed by atoms with Crippen LogP contribution in [0.4, 0.5) is 0 Å². The van der Waals surface area contributed by atoms with Crippen molar-refractivity contribution < 1.29 is 4.79 Å². The smallest absolute Gasteiger partial charge is 0.274 e. The topological polar surface area (TPSA) is 46.1 Å². The van der Waals surface area contributed by atoms with Gasteiger partial charge in [0.25, 0.3) is 5.91 Å². The zero-order chi connectivity index (χ0) is 15.2. The molecule has 0 radical (unpaired) electrons. The highest BCUT2D eigenvalue weighted by Crippen LogP contribution is 2.23. The molecular weight excluding hydrogens is 274 g/mol. The van der Waals surface area contributed by atoms with Crippen molar-refractivity contribution in [3.63, 3.8) is 0 Å². The molecule has 3 rings (SSSR count). The summed E-state index contributed by atoms with van der Waals surface area (Å²) in [6.45, 7) is 0.828. The third-order valence-corrected chi connectivity index (χ3v) is 4.29. The number of aromatic nitrogens is 2. The first-order valence-electron chi connectivity index (χ1n) is 7.97. The molecule has 2 heterocycles. The molecule has 0 spiro atoms. The van der Waals surface area contributed by atoms with E-state index in [1.807, 2.05) is 11.0 Å². The maximum atomic E-state index is 12.6. The minimum Gasteiger partial charge on any atom is -0.334 e. The van der Waals surface area contributed by atoms with Gasteiger partial charge >= 0.3 is 0 Å². The lowest BCUT2D eigenvalue weighted by molar-refractivity contribution is 0.0594. The van der Waals surface area contributed by atoms with E-state index in [0.29, 0.717) is 11.7 Å². The van der Waals surface area contributed by atoms with E-state index in [1.165, 1.54) is 12.0 Å². The largest absolute Gasteiger partial charge is 0.334 e. The van der Waals surface area contributed by atoms with Crippen LogP contribution in [0.1, 0.15) is 41.7 Å². The maximum Gasteiger partial charge on any atom is 0.274 e. The van der Waals surface area contributed by atoms with Crippen LogP contribution in [0.2, 0.25) is 0 Å². The van der Waals surface area contributed by atoms with Crippen LogP contribution in [0.5, 0.6) is 0 Å². The predicted octanol–water partition coefficient (Wildman–Crippen LogP) is 3.10. The summed E-state index contributed by atoms with van der Waals surface area (Å²) in [5, 5.41) is 7.79. The summed E-state index contributed by atoms with van der Waals surface area (Å²) < 4.78 is 0. The zero-order valence-electron chi connectivity index (χ0n) is 12.7. The van der Waals surface area contributed by atoms with Crippen LogP contribution in [0, 0.1) is 0 Å². The van der Waals surface area contributed by atoms with Crippen LogP contribution in [-0.4, -0.2) is 33.6 Å². The molecule has 1 aromatic heterocycles. The van der Waals surface area contributed by atoms with E-state index < -0.39 is 0 Å². The molecule has 22 heavy (non-hydrogen) atoms. The Balaban J connectivity index is 1.67. The van der Waals surface area contributed by atoms with E-state index >= 15 is 0 Å². The van der Waals surface area contributed by atoms with E-state index in [-0.39, 0.29) is 5.91 Å². The Bertz CT molecular complexity index is 600. The molecule has 0 bridgehead atoms. The SMILES string of the molecule is O=C(c1cccnn1)N1CCCCC1CCc1ccccc1. The number of nitrogens with zero attached hydrogens (tertiary/aromatic N) is 3. The normalized spacial score (nSPS) is 18.2.